The largest absolute Gasteiger partial charge is 0.338 e. The Kier molecular flexibility index (Phi) is 6.82. The van der Waals surface area contributed by atoms with Crippen LogP contribution in [0.25, 0.3) is 10.8 Å². The fourth-order valence-corrected chi connectivity index (χ4v) is 3.61. The molecule has 0 atom stereocenters. The van der Waals surface area contributed by atoms with Gasteiger partial charge in [0.15, 0.2) is 0 Å². The summed E-state index contributed by atoms with van der Waals surface area (Å²) in [6, 6.07) is 14.4. The van der Waals surface area contributed by atoms with Gasteiger partial charge in [0.1, 0.15) is 5.71 Å². The molecule has 3 aromatic rings. The van der Waals surface area contributed by atoms with Gasteiger partial charge in [-0.15, -0.1) is 12.4 Å². The van der Waals surface area contributed by atoms with Crippen molar-refractivity contribution in [3.63, 3.8) is 0 Å². The van der Waals surface area contributed by atoms with E-state index in [9.17, 15) is 4.79 Å². The van der Waals surface area contributed by atoms with Gasteiger partial charge in [0.05, 0.1) is 18.8 Å². The van der Waals surface area contributed by atoms with E-state index in [2.05, 4.69) is 34.4 Å². The van der Waals surface area contributed by atoms with Gasteiger partial charge in [-0.2, -0.15) is 0 Å². The summed E-state index contributed by atoms with van der Waals surface area (Å²) in [6.07, 6.45) is 10.5. The van der Waals surface area contributed by atoms with E-state index in [-0.39, 0.29) is 24.3 Å². The maximum Gasteiger partial charge on any atom is 0.338 e. The number of nitrogens with zero attached hydrogens (tertiary/aromatic N) is 3. The number of fused-ring (bicyclic) bond motifs is 1. The second kappa shape index (κ2) is 9.51. The predicted molar refractivity (Wildman–Crippen MR) is 113 cm³/mol. The van der Waals surface area contributed by atoms with Crippen molar-refractivity contribution < 1.29 is 9.63 Å². The zero-order chi connectivity index (χ0) is 18.5. The van der Waals surface area contributed by atoms with Gasteiger partial charge >= 0.3 is 5.97 Å². The number of carbonyl (C=O) groups excluding carboxylic acids is 1. The molecule has 0 amide bonds. The van der Waals surface area contributed by atoms with Gasteiger partial charge in [0.25, 0.3) is 0 Å². The fourth-order valence-electron chi connectivity index (χ4n) is 3.61. The molecule has 4 rings (SSSR count). The third kappa shape index (κ3) is 4.78. The second-order valence-corrected chi connectivity index (χ2v) is 7.08. The first-order valence-corrected chi connectivity index (χ1v) is 9.52. The highest BCUT2D eigenvalue weighted by Crippen LogP contribution is 2.25. The number of halogens is 1. The van der Waals surface area contributed by atoms with E-state index in [0.29, 0.717) is 12.3 Å². The zero-order valence-corrected chi connectivity index (χ0v) is 16.5. The molecule has 0 bridgehead atoms. The van der Waals surface area contributed by atoms with E-state index in [1.165, 1.54) is 11.8 Å². The summed E-state index contributed by atoms with van der Waals surface area (Å²) in [5.74, 6) is -0.229. The lowest BCUT2D eigenvalue weighted by Crippen LogP contribution is -2.20. The Morgan fingerprint density at radius 2 is 1.89 bits per heavy atom. The van der Waals surface area contributed by atoms with Crippen LogP contribution < -0.4 is 0 Å². The van der Waals surface area contributed by atoms with Crippen LogP contribution >= 0.6 is 12.4 Å². The van der Waals surface area contributed by atoms with Crippen LogP contribution in [-0.2, 0) is 16.2 Å². The molecule has 0 spiro atoms. The van der Waals surface area contributed by atoms with E-state index >= 15 is 0 Å². The molecule has 6 heteroatoms. The number of carbonyl (C=O) groups is 1. The summed E-state index contributed by atoms with van der Waals surface area (Å²) in [4.78, 5) is 21.9. The Morgan fingerprint density at radius 1 is 1.11 bits per heavy atom. The Morgan fingerprint density at radius 3 is 2.64 bits per heavy atom. The SMILES string of the molecule is Cl.O=C(ON=C(Cn1ccnc1)c1ccc2ccccc2c1)C1CCCCC1. The molecule has 0 radical (unpaired) electrons. The summed E-state index contributed by atoms with van der Waals surface area (Å²) < 4.78 is 1.92. The van der Waals surface area contributed by atoms with Crippen LogP contribution in [0.2, 0.25) is 0 Å². The zero-order valence-electron chi connectivity index (χ0n) is 15.7. The Bertz CT molecular complexity index is 947. The molecule has 0 aliphatic heterocycles. The van der Waals surface area contributed by atoms with Crippen molar-refractivity contribution in [1.29, 1.82) is 0 Å². The van der Waals surface area contributed by atoms with Crippen molar-refractivity contribution in [2.24, 2.45) is 11.1 Å². The molecule has 28 heavy (non-hydrogen) atoms. The van der Waals surface area contributed by atoms with Gasteiger partial charge in [0.2, 0.25) is 0 Å². The molecule has 1 aromatic heterocycles. The van der Waals surface area contributed by atoms with Crippen LogP contribution in [0.3, 0.4) is 0 Å². The summed E-state index contributed by atoms with van der Waals surface area (Å²) in [7, 11) is 0. The summed E-state index contributed by atoms with van der Waals surface area (Å²) >= 11 is 0. The number of rotatable bonds is 5. The fraction of sp³-hybridized carbons (Fsp3) is 0.318. The van der Waals surface area contributed by atoms with Gasteiger partial charge < -0.3 is 9.40 Å². The molecule has 1 fully saturated rings. The maximum absolute atomic E-state index is 12.4. The van der Waals surface area contributed by atoms with Crippen molar-refractivity contribution in [3.05, 3.63) is 66.7 Å². The maximum atomic E-state index is 12.4. The summed E-state index contributed by atoms with van der Waals surface area (Å²) in [6.45, 7) is 0.496. The van der Waals surface area contributed by atoms with Crippen molar-refractivity contribution >= 4 is 34.9 Å². The molecule has 5 nitrogen and oxygen atoms in total. The number of imidazole rings is 1. The third-order valence-electron chi connectivity index (χ3n) is 5.16. The van der Waals surface area contributed by atoms with Crippen LogP contribution in [-0.4, -0.2) is 21.2 Å². The standard InChI is InChI=1S/C22H23N3O2.ClH/c26-22(18-7-2-1-3-8-18)27-24-21(15-25-13-12-23-16-25)20-11-10-17-6-4-5-9-19(17)14-20;/h4-6,9-14,16,18H,1-3,7-8,15H2;1H. The molecule has 1 aliphatic carbocycles. The van der Waals surface area contributed by atoms with Crippen molar-refractivity contribution in [1.82, 2.24) is 9.55 Å². The van der Waals surface area contributed by atoms with Gasteiger partial charge in [-0.05, 0) is 29.7 Å². The summed E-state index contributed by atoms with van der Waals surface area (Å²) in [5, 5.41) is 6.57. The molecule has 1 aliphatic rings. The van der Waals surface area contributed by atoms with E-state index in [0.717, 1.165) is 36.6 Å². The Hall–Kier alpha value is -2.66. The minimum absolute atomic E-state index is 0. The lowest BCUT2D eigenvalue weighted by atomic mass is 9.89. The molecule has 2 aromatic carbocycles. The first-order valence-electron chi connectivity index (χ1n) is 9.52. The normalized spacial score (nSPS) is 15.2. The number of hydrogen-bond acceptors (Lipinski definition) is 4. The van der Waals surface area contributed by atoms with Crippen LogP contribution in [0.15, 0.2) is 66.3 Å². The van der Waals surface area contributed by atoms with Gasteiger partial charge in [-0.3, -0.25) is 0 Å². The first-order chi connectivity index (χ1) is 13.3. The Balaban J connectivity index is 0.00000225. The smallest absolute Gasteiger partial charge is 0.331 e. The van der Waals surface area contributed by atoms with Crippen LogP contribution in [0.4, 0.5) is 0 Å². The van der Waals surface area contributed by atoms with E-state index in [1.807, 2.05) is 29.0 Å². The molecule has 1 saturated carbocycles. The average molecular weight is 398 g/mol. The molecular formula is C22H24ClN3O2. The number of hydrogen-bond donors (Lipinski definition) is 0. The minimum atomic E-state index is -0.210. The van der Waals surface area contributed by atoms with Gasteiger partial charge in [0, 0.05) is 18.0 Å². The predicted octanol–water partition coefficient (Wildman–Crippen LogP) is 4.99. The lowest BCUT2D eigenvalue weighted by molar-refractivity contribution is -0.149. The number of oxime groups is 1. The van der Waals surface area contributed by atoms with Crippen LogP contribution in [0.5, 0.6) is 0 Å². The van der Waals surface area contributed by atoms with Crippen molar-refractivity contribution in [2.75, 3.05) is 0 Å². The van der Waals surface area contributed by atoms with E-state index in [1.54, 1.807) is 12.5 Å². The molecule has 0 saturated heterocycles. The van der Waals surface area contributed by atoms with Crippen molar-refractivity contribution in [3.8, 4) is 0 Å². The topological polar surface area (TPSA) is 56.5 Å². The highest BCUT2D eigenvalue weighted by Gasteiger charge is 2.23. The molecule has 0 N–H and O–H groups in total. The lowest BCUT2D eigenvalue weighted by Gasteiger charge is -2.18. The average Bonchev–Trinajstić information content (AvgIpc) is 3.24. The minimum Gasteiger partial charge on any atom is -0.331 e. The monoisotopic (exact) mass is 397 g/mol. The first kappa shape index (κ1) is 20.1. The van der Waals surface area contributed by atoms with Crippen molar-refractivity contribution in [2.45, 2.75) is 38.6 Å². The molecular weight excluding hydrogens is 374 g/mol. The molecule has 146 valence electrons. The summed E-state index contributed by atoms with van der Waals surface area (Å²) in [5.41, 5.74) is 1.65. The quantitative estimate of drug-likeness (QED) is 0.346. The second-order valence-electron chi connectivity index (χ2n) is 7.08. The van der Waals surface area contributed by atoms with Crippen LogP contribution in [0, 0.1) is 5.92 Å². The number of benzene rings is 2. The van der Waals surface area contributed by atoms with Gasteiger partial charge in [-0.1, -0.05) is 60.8 Å². The van der Waals surface area contributed by atoms with Gasteiger partial charge in [-0.25, -0.2) is 9.78 Å². The number of aromatic nitrogens is 2. The Labute approximate surface area is 170 Å². The molecule has 0 unspecified atom stereocenters. The third-order valence-corrected chi connectivity index (χ3v) is 5.16. The highest BCUT2D eigenvalue weighted by atomic mass is 35.5. The van der Waals surface area contributed by atoms with E-state index in [4.69, 9.17) is 4.84 Å². The highest BCUT2D eigenvalue weighted by molar-refractivity contribution is 6.03. The van der Waals surface area contributed by atoms with E-state index < -0.39 is 0 Å². The van der Waals surface area contributed by atoms with Crippen LogP contribution in [0.1, 0.15) is 37.7 Å². The molecule has 1 heterocycles.